The lowest BCUT2D eigenvalue weighted by atomic mass is 10.1. The van der Waals surface area contributed by atoms with Crippen molar-refractivity contribution >= 4 is 17.5 Å². The highest BCUT2D eigenvalue weighted by Crippen LogP contribution is 2.26. The molecule has 1 heterocycles. The molecule has 1 atom stereocenters. The summed E-state index contributed by atoms with van der Waals surface area (Å²) in [4.78, 5) is 12.6. The summed E-state index contributed by atoms with van der Waals surface area (Å²) in [5.74, 6) is -0.401. The topological polar surface area (TPSA) is 57.0 Å². The summed E-state index contributed by atoms with van der Waals surface area (Å²) in [5.41, 5.74) is 0.421. The van der Waals surface area contributed by atoms with E-state index in [1.165, 1.54) is 48.2 Å². The number of Topliss-reactive ketones (excluding diaryl/α,β-unsaturated/α-hetero) is 1. The van der Waals surface area contributed by atoms with Gasteiger partial charge in [-0.3, -0.25) is 9.36 Å². The molecule has 0 amide bonds. The Kier molecular flexibility index (Phi) is 6.77. The van der Waals surface area contributed by atoms with Crippen LogP contribution in [0.15, 0.2) is 66.3 Å². The summed E-state index contributed by atoms with van der Waals surface area (Å²) in [6.45, 7) is 5.90. The highest BCUT2D eigenvalue weighted by molar-refractivity contribution is 8.00. The van der Waals surface area contributed by atoms with Gasteiger partial charge in [0.1, 0.15) is 12.4 Å². The maximum Gasteiger partial charge on any atom is 0.192 e. The number of aromatic nitrogens is 3. The molecule has 0 spiro atoms. The minimum Gasteiger partial charge on any atom is -0.483 e. The summed E-state index contributed by atoms with van der Waals surface area (Å²) >= 11 is 1.23. The van der Waals surface area contributed by atoms with E-state index in [2.05, 4.69) is 16.8 Å². The van der Waals surface area contributed by atoms with Gasteiger partial charge in [0.25, 0.3) is 0 Å². The molecule has 0 saturated heterocycles. The molecule has 5 nitrogen and oxygen atoms in total. The first-order valence-electron chi connectivity index (χ1n) is 8.86. The second-order valence-corrected chi connectivity index (χ2v) is 7.46. The number of ether oxygens (including phenoxy) is 1. The minimum absolute atomic E-state index is 0.0165. The molecule has 3 aromatic rings. The van der Waals surface area contributed by atoms with E-state index in [4.69, 9.17) is 4.74 Å². The van der Waals surface area contributed by atoms with Crippen LogP contribution in [0.3, 0.4) is 0 Å². The van der Waals surface area contributed by atoms with Crippen molar-refractivity contribution in [2.24, 2.45) is 0 Å². The lowest BCUT2D eigenvalue weighted by Crippen LogP contribution is -2.15. The number of allylic oxidation sites excluding steroid dienone is 1. The molecule has 0 fully saturated rings. The Labute approximate surface area is 171 Å². The second-order valence-electron chi connectivity index (χ2n) is 6.15. The van der Waals surface area contributed by atoms with Crippen molar-refractivity contribution in [2.75, 3.05) is 0 Å². The molecule has 0 bridgehead atoms. The Hall–Kier alpha value is -3.00. The summed E-state index contributed by atoms with van der Waals surface area (Å²) < 4.78 is 34.1. The Morgan fingerprint density at radius 1 is 1.21 bits per heavy atom. The number of ketones is 1. The van der Waals surface area contributed by atoms with E-state index in [1.54, 1.807) is 29.7 Å². The van der Waals surface area contributed by atoms with Crippen molar-refractivity contribution in [3.63, 3.8) is 0 Å². The molecule has 0 N–H and O–H groups in total. The standard InChI is InChI=1S/C21H19F2N3O2S/c1-3-12-26-19(13-28-18-7-5-4-6-17(18)23)24-25-21(26)29-14(2)20(27)15-8-10-16(22)11-9-15/h3-11,14H,1,12-13H2,2H3. The number of hydrogen-bond donors (Lipinski definition) is 0. The smallest absolute Gasteiger partial charge is 0.192 e. The second kappa shape index (κ2) is 9.47. The summed E-state index contributed by atoms with van der Waals surface area (Å²) in [5, 5.41) is 8.30. The molecule has 0 aliphatic rings. The first kappa shape index (κ1) is 20.7. The molecular weight excluding hydrogens is 396 g/mol. The highest BCUT2D eigenvalue weighted by atomic mass is 32.2. The van der Waals surface area contributed by atoms with Crippen LogP contribution < -0.4 is 4.74 Å². The molecule has 0 saturated carbocycles. The van der Waals surface area contributed by atoms with Crippen molar-refractivity contribution in [1.29, 1.82) is 0 Å². The summed E-state index contributed by atoms with van der Waals surface area (Å²) in [6, 6.07) is 11.5. The molecule has 0 radical (unpaired) electrons. The maximum atomic E-state index is 13.7. The Morgan fingerprint density at radius 2 is 1.93 bits per heavy atom. The number of thioether (sulfide) groups is 1. The lowest BCUT2D eigenvalue weighted by Gasteiger charge is -2.12. The van der Waals surface area contributed by atoms with Gasteiger partial charge >= 0.3 is 0 Å². The van der Waals surface area contributed by atoms with Crippen LogP contribution in [0.25, 0.3) is 0 Å². The SMILES string of the molecule is C=CCn1c(COc2ccccc2F)nnc1SC(C)C(=O)c1ccc(F)cc1. The monoisotopic (exact) mass is 415 g/mol. The average molecular weight is 415 g/mol. The summed E-state index contributed by atoms with van der Waals surface area (Å²) in [6.07, 6.45) is 1.67. The summed E-state index contributed by atoms with van der Waals surface area (Å²) in [7, 11) is 0. The van der Waals surface area contributed by atoms with E-state index in [1.807, 2.05) is 0 Å². The number of carbonyl (C=O) groups excluding carboxylic acids is 1. The molecule has 1 aromatic heterocycles. The third-order valence-corrected chi connectivity index (χ3v) is 5.16. The van der Waals surface area contributed by atoms with Gasteiger partial charge in [0.15, 0.2) is 28.3 Å². The van der Waals surface area contributed by atoms with E-state index in [0.29, 0.717) is 23.1 Å². The van der Waals surface area contributed by atoms with Crippen LogP contribution in [0, 0.1) is 11.6 Å². The first-order chi connectivity index (χ1) is 14.0. The van der Waals surface area contributed by atoms with Crippen LogP contribution in [-0.4, -0.2) is 25.8 Å². The molecule has 0 aliphatic heterocycles. The number of nitrogens with zero attached hydrogens (tertiary/aromatic N) is 3. The molecule has 2 aromatic carbocycles. The molecule has 0 aliphatic carbocycles. The van der Waals surface area contributed by atoms with Gasteiger partial charge in [0, 0.05) is 12.1 Å². The van der Waals surface area contributed by atoms with Gasteiger partial charge in [-0.2, -0.15) is 0 Å². The van der Waals surface area contributed by atoms with Crippen molar-refractivity contribution < 1.29 is 18.3 Å². The van der Waals surface area contributed by atoms with E-state index in [0.717, 1.165) is 0 Å². The first-order valence-corrected chi connectivity index (χ1v) is 9.74. The van der Waals surface area contributed by atoms with Crippen molar-refractivity contribution in [3.8, 4) is 5.75 Å². The van der Waals surface area contributed by atoms with Gasteiger partial charge in [-0.25, -0.2) is 8.78 Å². The molecule has 29 heavy (non-hydrogen) atoms. The Bertz CT molecular complexity index is 1010. The molecule has 150 valence electrons. The molecule has 3 rings (SSSR count). The zero-order valence-corrected chi connectivity index (χ0v) is 16.5. The van der Waals surface area contributed by atoms with Gasteiger partial charge in [0.05, 0.1) is 5.25 Å². The third kappa shape index (κ3) is 5.08. The number of para-hydroxylation sites is 1. The quantitative estimate of drug-likeness (QED) is 0.288. The number of benzene rings is 2. The normalized spacial score (nSPS) is 11.8. The van der Waals surface area contributed by atoms with Gasteiger partial charge in [-0.15, -0.1) is 16.8 Å². The van der Waals surface area contributed by atoms with Crippen LogP contribution in [-0.2, 0) is 13.2 Å². The molecule has 8 heteroatoms. The fraction of sp³-hybridized carbons (Fsp3) is 0.190. The zero-order valence-electron chi connectivity index (χ0n) is 15.7. The van der Waals surface area contributed by atoms with Crippen molar-refractivity contribution in [1.82, 2.24) is 14.8 Å². The van der Waals surface area contributed by atoms with Crippen LogP contribution >= 0.6 is 11.8 Å². The predicted octanol–water partition coefficient (Wildman–Crippen LogP) is 4.68. The van der Waals surface area contributed by atoms with Gasteiger partial charge in [-0.1, -0.05) is 30.0 Å². The Balaban J connectivity index is 1.73. The van der Waals surface area contributed by atoms with Crippen molar-refractivity contribution in [2.45, 2.75) is 30.5 Å². The average Bonchev–Trinajstić information content (AvgIpc) is 3.09. The van der Waals surface area contributed by atoms with Crippen LogP contribution in [0.4, 0.5) is 8.78 Å². The molecule has 1 unspecified atom stereocenters. The maximum absolute atomic E-state index is 13.7. The highest BCUT2D eigenvalue weighted by Gasteiger charge is 2.21. The van der Waals surface area contributed by atoms with E-state index in [-0.39, 0.29) is 18.1 Å². The number of carbonyl (C=O) groups is 1. The third-order valence-electron chi connectivity index (χ3n) is 4.08. The van der Waals surface area contributed by atoms with Gasteiger partial charge in [-0.05, 0) is 43.3 Å². The number of hydrogen-bond acceptors (Lipinski definition) is 5. The van der Waals surface area contributed by atoms with Crippen LogP contribution in [0.2, 0.25) is 0 Å². The van der Waals surface area contributed by atoms with E-state index < -0.39 is 16.9 Å². The van der Waals surface area contributed by atoms with Crippen LogP contribution in [0.1, 0.15) is 23.1 Å². The van der Waals surface area contributed by atoms with Crippen LogP contribution in [0.5, 0.6) is 5.75 Å². The number of rotatable bonds is 9. The lowest BCUT2D eigenvalue weighted by molar-refractivity contribution is 0.0994. The fourth-order valence-corrected chi connectivity index (χ4v) is 3.54. The molecular formula is C21H19F2N3O2S. The fourth-order valence-electron chi connectivity index (χ4n) is 2.59. The Morgan fingerprint density at radius 3 is 2.62 bits per heavy atom. The zero-order chi connectivity index (χ0) is 20.8. The van der Waals surface area contributed by atoms with Crippen molar-refractivity contribution in [3.05, 3.63) is 84.2 Å². The van der Waals surface area contributed by atoms with E-state index in [9.17, 15) is 13.6 Å². The predicted molar refractivity (Wildman–Crippen MR) is 107 cm³/mol. The minimum atomic E-state index is -0.464. The largest absolute Gasteiger partial charge is 0.483 e. The van der Waals surface area contributed by atoms with E-state index >= 15 is 0 Å². The number of halogens is 2. The van der Waals surface area contributed by atoms with Gasteiger partial charge in [0.2, 0.25) is 0 Å². The van der Waals surface area contributed by atoms with Gasteiger partial charge < -0.3 is 4.74 Å².